The number of nitrogens with one attached hydrogen (secondary N) is 1. The fourth-order valence-electron chi connectivity index (χ4n) is 2.29. The zero-order valence-corrected chi connectivity index (χ0v) is 12.8. The second-order valence-electron chi connectivity index (χ2n) is 5.17. The third kappa shape index (κ3) is 3.10. The molecule has 3 rings (SSSR count). The predicted octanol–water partition coefficient (Wildman–Crippen LogP) is 2.93. The highest BCUT2D eigenvalue weighted by Gasteiger charge is 2.12. The molecule has 2 heterocycles. The van der Waals surface area contributed by atoms with Crippen LogP contribution in [0.2, 0.25) is 0 Å². The van der Waals surface area contributed by atoms with Crippen molar-refractivity contribution < 1.29 is 4.92 Å². The molecular weight excluding hydrogens is 296 g/mol. The van der Waals surface area contributed by atoms with Crippen LogP contribution in [0.3, 0.4) is 0 Å². The van der Waals surface area contributed by atoms with Gasteiger partial charge in [-0.3, -0.25) is 14.8 Å². The number of fused-ring (bicyclic) bond motifs is 1. The Kier molecular flexibility index (Phi) is 3.88. The van der Waals surface area contributed by atoms with Gasteiger partial charge in [-0.15, -0.1) is 0 Å². The molecule has 0 radical (unpaired) electrons. The van der Waals surface area contributed by atoms with Crippen LogP contribution in [0.1, 0.15) is 25.5 Å². The van der Waals surface area contributed by atoms with Gasteiger partial charge in [0.1, 0.15) is 11.3 Å². The van der Waals surface area contributed by atoms with E-state index in [-0.39, 0.29) is 11.7 Å². The number of hydrogen-bond acceptors (Lipinski definition) is 6. The van der Waals surface area contributed by atoms with Gasteiger partial charge in [0, 0.05) is 18.7 Å². The lowest BCUT2D eigenvalue weighted by Gasteiger charge is -2.14. The van der Waals surface area contributed by atoms with E-state index < -0.39 is 4.92 Å². The molecule has 3 aromatic rings. The number of rotatable bonds is 5. The molecule has 118 valence electrons. The number of aromatic nitrogens is 4. The van der Waals surface area contributed by atoms with Gasteiger partial charge in [-0.2, -0.15) is 5.10 Å². The second kappa shape index (κ2) is 5.99. The normalized spacial score (nSPS) is 12.3. The minimum Gasteiger partial charge on any atom is -0.362 e. The average Bonchev–Trinajstić information content (AvgIpc) is 2.97. The minimum absolute atomic E-state index is 0.0689. The summed E-state index contributed by atoms with van der Waals surface area (Å²) < 4.78 is 1.78. The van der Waals surface area contributed by atoms with Crippen LogP contribution >= 0.6 is 0 Å². The lowest BCUT2D eigenvalue weighted by Crippen LogP contribution is -2.08. The summed E-state index contributed by atoms with van der Waals surface area (Å²) in [5.74, 6) is 0.581. The Bertz CT molecular complexity index is 860. The van der Waals surface area contributed by atoms with E-state index in [1.807, 2.05) is 26.1 Å². The van der Waals surface area contributed by atoms with Crippen molar-refractivity contribution in [3.8, 4) is 0 Å². The number of nitrogens with zero attached hydrogens (tertiary/aromatic N) is 5. The molecule has 8 heteroatoms. The topological polar surface area (TPSA) is 98.8 Å². The van der Waals surface area contributed by atoms with E-state index in [0.717, 1.165) is 17.6 Å². The molecule has 0 spiro atoms. The standard InChI is InChI=1S/C15H16N6O2/c1-3-20-9-13-15(19-20)18-14(8-16-13)17-10(2)11-5-4-6-12(7-11)21(22)23/h4-10H,3H2,1-2H3,(H,17,18,19). The van der Waals surface area contributed by atoms with Crippen molar-refractivity contribution in [3.63, 3.8) is 0 Å². The lowest BCUT2D eigenvalue weighted by atomic mass is 10.1. The minimum atomic E-state index is -0.403. The summed E-state index contributed by atoms with van der Waals surface area (Å²) in [5.41, 5.74) is 2.18. The van der Waals surface area contributed by atoms with Crippen LogP contribution in [0, 0.1) is 10.1 Å². The maximum atomic E-state index is 10.9. The maximum Gasteiger partial charge on any atom is 0.269 e. The van der Waals surface area contributed by atoms with Crippen molar-refractivity contribution in [2.75, 3.05) is 5.32 Å². The van der Waals surface area contributed by atoms with Gasteiger partial charge in [0.2, 0.25) is 5.65 Å². The summed E-state index contributed by atoms with van der Waals surface area (Å²) in [7, 11) is 0. The Balaban J connectivity index is 1.83. The number of nitro benzene ring substituents is 1. The summed E-state index contributed by atoms with van der Waals surface area (Å²) in [4.78, 5) is 19.2. The number of non-ortho nitro benzene ring substituents is 1. The molecular formula is C15H16N6O2. The summed E-state index contributed by atoms with van der Waals surface area (Å²) in [6, 6.07) is 6.38. The molecule has 0 aliphatic heterocycles. The van der Waals surface area contributed by atoms with Crippen molar-refractivity contribution in [1.29, 1.82) is 0 Å². The van der Waals surface area contributed by atoms with E-state index in [1.54, 1.807) is 23.0 Å². The van der Waals surface area contributed by atoms with E-state index in [0.29, 0.717) is 11.5 Å². The van der Waals surface area contributed by atoms with Crippen LogP contribution in [0.5, 0.6) is 0 Å². The zero-order chi connectivity index (χ0) is 16.4. The number of hydrogen-bond donors (Lipinski definition) is 1. The van der Waals surface area contributed by atoms with Crippen LogP contribution in [0.4, 0.5) is 11.5 Å². The van der Waals surface area contributed by atoms with Crippen molar-refractivity contribution >= 4 is 22.7 Å². The van der Waals surface area contributed by atoms with Crippen molar-refractivity contribution in [3.05, 3.63) is 52.3 Å². The van der Waals surface area contributed by atoms with Crippen LogP contribution in [0.15, 0.2) is 36.7 Å². The molecule has 1 N–H and O–H groups in total. The van der Waals surface area contributed by atoms with Crippen molar-refractivity contribution in [1.82, 2.24) is 19.7 Å². The van der Waals surface area contributed by atoms with E-state index in [9.17, 15) is 10.1 Å². The molecule has 1 aromatic carbocycles. The Hall–Kier alpha value is -3.03. The smallest absolute Gasteiger partial charge is 0.269 e. The molecule has 0 amide bonds. The summed E-state index contributed by atoms with van der Waals surface area (Å²) in [6.07, 6.45) is 3.48. The average molecular weight is 312 g/mol. The molecule has 0 bridgehead atoms. The molecule has 0 aliphatic rings. The molecule has 2 aromatic heterocycles. The number of nitro groups is 1. The molecule has 1 atom stereocenters. The third-order valence-corrected chi connectivity index (χ3v) is 3.55. The number of benzene rings is 1. The highest BCUT2D eigenvalue weighted by Crippen LogP contribution is 2.22. The first-order valence-corrected chi connectivity index (χ1v) is 7.28. The van der Waals surface area contributed by atoms with Gasteiger partial charge in [0.25, 0.3) is 5.69 Å². The lowest BCUT2D eigenvalue weighted by molar-refractivity contribution is -0.384. The quantitative estimate of drug-likeness (QED) is 0.574. The van der Waals surface area contributed by atoms with E-state index in [4.69, 9.17) is 0 Å². The molecule has 0 saturated carbocycles. The van der Waals surface area contributed by atoms with Crippen LogP contribution < -0.4 is 5.32 Å². The van der Waals surface area contributed by atoms with Gasteiger partial charge in [-0.05, 0) is 19.4 Å². The monoisotopic (exact) mass is 312 g/mol. The van der Waals surface area contributed by atoms with Crippen LogP contribution in [0.25, 0.3) is 11.2 Å². The van der Waals surface area contributed by atoms with Crippen molar-refractivity contribution in [2.45, 2.75) is 26.4 Å². The first-order valence-electron chi connectivity index (χ1n) is 7.28. The zero-order valence-electron chi connectivity index (χ0n) is 12.8. The highest BCUT2D eigenvalue weighted by molar-refractivity contribution is 5.70. The molecule has 0 fully saturated rings. The number of aryl methyl sites for hydroxylation is 1. The van der Waals surface area contributed by atoms with Gasteiger partial charge >= 0.3 is 0 Å². The SMILES string of the molecule is CCn1cc2ncc(NC(C)c3cccc([N+](=O)[O-])c3)nc2n1. The Morgan fingerprint density at radius 1 is 1.43 bits per heavy atom. The fraction of sp³-hybridized carbons (Fsp3) is 0.267. The first kappa shape index (κ1) is 14.9. The summed E-state index contributed by atoms with van der Waals surface area (Å²) in [5, 5.41) is 18.4. The largest absolute Gasteiger partial charge is 0.362 e. The molecule has 1 unspecified atom stereocenters. The van der Waals surface area contributed by atoms with Gasteiger partial charge in [0.05, 0.1) is 23.4 Å². The number of anilines is 1. The molecule has 0 aliphatic carbocycles. The Morgan fingerprint density at radius 3 is 3.00 bits per heavy atom. The van der Waals surface area contributed by atoms with Gasteiger partial charge in [-0.25, -0.2) is 9.97 Å². The van der Waals surface area contributed by atoms with E-state index in [2.05, 4.69) is 20.4 Å². The predicted molar refractivity (Wildman–Crippen MR) is 86.1 cm³/mol. The van der Waals surface area contributed by atoms with E-state index in [1.165, 1.54) is 6.07 Å². The van der Waals surface area contributed by atoms with E-state index >= 15 is 0 Å². The first-order chi connectivity index (χ1) is 11.1. The summed E-state index contributed by atoms with van der Waals surface area (Å²) in [6.45, 7) is 4.66. The maximum absolute atomic E-state index is 10.9. The highest BCUT2D eigenvalue weighted by atomic mass is 16.6. The molecule has 8 nitrogen and oxygen atoms in total. The fourth-order valence-corrected chi connectivity index (χ4v) is 2.29. The van der Waals surface area contributed by atoms with Gasteiger partial charge in [-0.1, -0.05) is 12.1 Å². The van der Waals surface area contributed by atoms with Gasteiger partial charge in [0.15, 0.2) is 0 Å². The Morgan fingerprint density at radius 2 is 2.26 bits per heavy atom. The second-order valence-corrected chi connectivity index (χ2v) is 5.17. The molecule has 0 saturated heterocycles. The Labute approximate surface area is 132 Å². The van der Waals surface area contributed by atoms with Crippen molar-refractivity contribution in [2.24, 2.45) is 0 Å². The van der Waals surface area contributed by atoms with Crippen LogP contribution in [-0.4, -0.2) is 24.7 Å². The van der Waals surface area contributed by atoms with Gasteiger partial charge < -0.3 is 5.32 Å². The molecule has 23 heavy (non-hydrogen) atoms. The summed E-state index contributed by atoms with van der Waals surface area (Å²) >= 11 is 0. The van der Waals surface area contributed by atoms with Crippen LogP contribution in [-0.2, 0) is 6.54 Å². The third-order valence-electron chi connectivity index (χ3n) is 3.55.